The average Bonchev–Trinajstić information content (AvgIpc) is 2.12. The second-order valence-corrected chi connectivity index (χ2v) is 2.80. The fraction of sp³-hybridized carbons (Fsp3) is 0.889. The smallest absolute Gasteiger partial charge is 0.308 e. The number of esters is 1. The second kappa shape index (κ2) is 8.01. The van der Waals surface area contributed by atoms with Gasteiger partial charge in [0.15, 0.2) is 0 Å². The molecule has 0 rings (SSSR count). The lowest BCUT2D eigenvalue weighted by Gasteiger charge is -2.08. The summed E-state index contributed by atoms with van der Waals surface area (Å²) in [7, 11) is 0. The Kier molecular flexibility index (Phi) is 7.63. The molecule has 2 N–H and O–H groups in total. The van der Waals surface area contributed by atoms with Crippen molar-refractivity contribution in [2.45, 2.75) is 32.7 Å². The number of nitrogens with two attached hydrogens (primary N) is 1. The van der Waals surface area contributed by atoms with E-state index in [1.807, 2.05) is 6.92 Å². The van der Waals surface area contributed by atoms with Gasteiger partial charge >= 0.3 is 5.97 Å². The van der Waals surface area contributed by atoms with Crippen LogP contribution in [-0.4, -0.2) is 31.8 Å². The van der Waals surface area contributed by atoms with Gasteiger partial charge in [0, 0.05) is 6.04 Å². The summed E-state index contributed by atoms with van der Waals surface area (Å²) < 4.78 is 9.90. The number of hydrogen-bond donors (Lipinski definition) is 1. The minimum Gasteiger partial charge on any atom is -0.466 e. The molecule has 0 heterocycles. The first-order valence-corrected chi connectivity index (χ1v) is 4.69. The van der Waals surface area contributed by atoms with E-state index in [-0.39, 0.29) is 12.0 Å². The van der Waals surface area contributed by atoms with Crippen LogP contribution in [0.15, 0.2) is 0 Å². The highest BCUT2D eigenvalue weighted by atomic mass is 16.5. The van der Waals surface area contributed by atoms with Gasteiger partial charge in [0.05, 0.1) is 26.2 Å². The normalized spacial score (nSPS) is 12.5. The monoisotopic (exact) mass is 189 g/mol. The van der Waals surface area contributed by atoms with Crippen LogP contribution in [-0.2, 0) is 14.3 Å². The van der Waals surface area contributed by atoms with Gasteiger partial charge in [-0.15, -0.1) is 0 Å². The predicted octanol–water partition coefficient (Wildman–Crippen LogP) is 0.694. The molecule has 0 aromatic heterocycles. The number of rotatable bonds is 7. The SMILES string of the molecule is CCOC(=O)CCOCC(N)CC. The minimum absolute atomic E-state index is 0.0715. The van der Waals surface area contributed by atoms with Crippen LogP contribution in [0.3, 0.4) is 0 Å². The summed E-state index contributed by atoms with van der Waals surface area (Å²) in [6.45, 7) is 5.11. The first-order chi connectivity index (χ1) is 6.20. The van der Waals surface area contributed by atoms with E-state index in [9.17, 15) is 4.79 Å². The molecule has 0 spiro atoms. The maximum atomic E-state index is 10.8. The highest BCUT2D eigenvalue weighted by Crippen LogP contribution is 1.91. The second-order valence-electron chi connectivity index (χ2n) is 2.80. The summed E-state index contributed by atoms with van der Waals surface area (Å²) in [4.78, 5) is 10.8. The van der Waals surface area contributed by atoms with E-state index in [4.69, 9.17) is 15.2 Å². The summed E-state index contributed by atoms with van der Waals surface area (Å²) in [6, 6.07) is 0.0715. The van der Waals surface area contributed by atoms with E-state index >= 15 is 0 Å². The molecule has 0 aliphatic rings. The molecule has 0 saturated heterocycles. The topological polar surface area (TPSA) is 61.5 Å². The van der Waals surface area contributed by atoms with Gasteiger partial charge in [0.25, 0.3) is 0 Å². The van der Waals surface area contributed by atoms with Crippen LogP contribution in [0.5, 0.6) is 0 Å². The zero-order valence-corrected chi connectivity index (χ0v) is 8.41. The Morgan fingerprint density at radius 1 is 1.46 bits per heavy atom. The molecule has 0 aliphatic carbocycles. The first-order valence-electron chi connectivity index (χ1n) is 4.69. The van der Waals surface area contributed by atoms with Gasteiger partial charge in [-0.3, -0.25) is 4.79 Å². The summed E-state index contributed by atoms with van der Waals surface area (Å²) in [5.41, 5.74) is 5.61. The highest BCUT2D eigenvalue weighted by Gasteiger charge is 2.02. The summed E-state index contributed by atoms with van der Waals surface area (Å²) in [5, 5.41) is 0. The van der Waals surface area contributed by atoms with Crippen LogP contribution in [0.2, 0.25) is 0 Å². The van der Waals surface area contributed by atoms with E-state index in [0.29, 0.717) is 26.2 Å². The van der Waals surface area contributed by atoms with E-state index in [1.54, 1.807) is 6.92 Å². The molecule has 0 saturated carbocycles. The first kappa shape index (κ1) is 12.4. The van der Waals surface area contributed by atoms with Gasteiger partial charge in [-0.05, 0) is 13.3 Å². The van der Waals surface area contributed by atoms with Crippen molar-refractivity contribution in [3.05, 3.63) is 0 Å². The molecule has 0 aromatic rings. The maximum absolute atomic E-state index is 10.8. The van der Waals surface area contributed by atoms with E-state index < -0.39 is 0 Å². The Hall–Kier alpha value is -0.610. The molecule has 0 bridgehead atoms. The third-order valence-corrected chi connectivity index (χ3v) is 1.61. The van der Waals surface area contributed by atoms with Gasteiger partial charge in [0.1, 0.15) is 0 Å². The van der Waals surface area contributed by atoms with Gasteiger partial charge in [0.2, 0.25) is 0 Å². The van der Waals surface area contributed by atoms with Gasteiger partial charge < -0.3 is 15.2 Å². The lowest BCUT2D eigenvalue weighted by atomic mass is 10.3. The molecule has 1 unspecified atom stereocenters. The molecular formula is C9H19NO3. The maximum Gasteiger partial charge on any atom is 0.308 e. The zero-order chi connectivity index (χ0) is 10.1. The van der Waals surface area contributed by atoms with E-state index in [0.717, 1.165) is 6.42 Å². The molecule has 4 nitrogen and oxygen atoms in total. The number of carbonyl (C=O) groups excluding carboxylic acids is 1. The third kappa shape index (κ3) is 7.74. The van der Waals surface area contributed by atoms with Crippen molar-refractivity contribution in [1.29, 1.82) is 0 Å². The molecular weight excluding hydrogens is 170 g/mol. The van der Waals surface area contributed by atoms with Crippen molar-refractivity contribution in [3.63, 3.8) is 0 Å². The summed E-state index contributed by atoms with van der Waals surface area (Å²) in [5.74, 6) is -0.215. The lowest BCUT2D eigenvalue weighted by molar-refractivity contribution is -0.144. The van der Waals surface area contributed by atoms with Crippen LogP contribution < -0.4 is 5.73 Å². The standard InChI is InChI=1S/C9H19NO3/c1-3-8(10)7-12-6-5-9(11)13-4-2/h8H,3-7,10H2,1-2H3. The Bertz CT molecular complexity index is 139. The van der Waals surface area contributed by atoms with Crippen molar-refractivity contribution < 1.29 is 14.3 Å². The Morgan fingerprint density at radius 3 is 2.69 bits per heavy atom. The van der Waals surface area contributed by atoms with E-state index in [2.05, 4.69) is 0 Å². The van der Waals surface area contributed by atoms with Crippen LogP contribution >= 0.6 is 0 Å². The van der Waals surface area contributed by atoms with Crippen molar-refractivity contribution in [2.24, 2.45) is 5.73 Å². The molecule has 1 atom stereocenters. The van der Waals surface area contributed by atoms with Gasteiger partial charge in [-0.1, -0.05) is 6.92 Å². The predicted molar refractivity (Wildman–Crippen MR) is 50.3 cm³/mol. The van der Waals surface area contributed by atoms with Gasteiger partial charge in [-0.2, -0.15) is 0 Å². The Morgan fingerprint density at radius 2 is 2.15 bits per heavy atom. The molecule has 0 aromatic carbocycles. The van der Waals surface area contributed by atoms with Crippen molar-refractivity contribution in [3.8, 4) is 0 Å². The largest absolute Gasteiger partial charge is 0.466 e. The number of carbonyl (C=O) groups is 1. The fourth-order valence-corrected chi connectivity index (χ4v) is 0.741. The summed E-state index contributed by atoms with van der Waals surface area (Å²) >= 11 is 0. The van der Waals surface area contributed by atoms with E-state index in [1.165, 1.54) is 0 Å². The highest BCUT2D eigenvalue weighted by molar-refractivity contribution is 5.69. The van der Waals surface area contributed by atoms with Crippen molar-refractivity contribution in [2.75, 3.05) is 19.8 Å². The lowest BCUT2D eigenvalue weighted by Crippen LogP contribution is -2.25. The molecule has 0 radical (unpaired) electrons. The van der Waals surface area contributed by atoms with Crippen molar-refractivity contribution >= 4 is 5.97 Å². The molecule has 13 heavy (non-hydrogen) atoms. The third-order valence-electron chi connectivity index (χ3n) is 1.61. The number of hydrogen-bond acceptors (Lipinski definition) is 4. The molecule has 78 valence electrons. The molecule has 0 fully saturated rings. The summed E-state index contributed by atoms with van der Waals surface area (Å²) in [6.07, 6.45) is 1.20. The average molecular weight is 189 g/mol. The van der Waals surface area contributed by atoms with Crippen molar-refractivity contribution in [1.82, 2.24) is 0 Å². The van der Waals surface area contributed by atoms with Gasteiger partial charge in [-0.25, -0.2) is 0 Å². The number of ether oxygens (including phenoxy) is 2. The van der Waals surface area contributed by atoms with Crippen LogP contribution in [0.25, 0.3) is 0 Å². The fourth-order valence-electron chi connectivity index (χ4n) is 0.741. The molecule has 0 amide bonds. The molecule has 0 aliphatic heterocycles. The Labute approximate surface area is 79.4 Å². The van der Waals surface area contributed by atoms with Crippen LogP contribution in [0.1, 0.15) is 26.7 Å². The quantitative estimate of drug-likeness (QED) is 0.473. The minimum atomic E-state index is -0.215. The zero-order valence-electron chi connectivity index (χ0n) is 8.41. The van der Waals surface area contributed by atoms with Crippen LogP contribution in [0.4, 0.5) is 0 Å². The Balaban J connectivity index is 3.20. The van der Waals surface area contributed by atoms with Crippen LogP contribution in [0, 0.1) is 0 Å². The molecule has 4 heteroatoms.